The van der Waals surface area contributed by atoms with Gasteiger partial charge in [-0.3, -0.25) is 9.97 Å². The van der Waals surface area contributed by atoms with Crippen molar-refractivity contribution in [1.29, 1.82) is 0 Å². The summed E-state index contributed by atoms with van der Waals surface area (Å²) in [6.45, 7) is 0. The van der Waals surface area contributed by atoms with E-state index in [1.54, 1.807) is 0 Å². The van der Waals surface area contributed by atoms with E-state index >= 15 is 0 Å². The lowest BCUT2D eigenvalue weighted by Gasteiger charge is -2.19. The third-order valence-corrected chi connectivity index (χ3v) is 11.4. The Hall–Kier alpha value is -8.22. The fraction of sp³-hybridized carbons (Fsp3) is 0. The standard InChI is InChI=1S/C54H32N6/c1-7-19-45-33(13-1)25-39(31-55-45)41-27-35-15-3-9-21-47(35)57-51(41)53-43(29-37-17-5-11-23-49(37)59-53)44-30-38-18-6-12-24-50(38)60-54(44)52-42(28-36-16-4-10-22-48(36)58-52)40-26-34-14-2-8-20-46(34)56-32-40/h1-32H. The second kappa shape index (κ2) is 13.7. The van der Waals surface area contributed by atoms with Gasteiger partial charge in [0.2, 0.25) is 0 Å². The van der Waals surface area contributed by atoms with Crippen LogP contribution in [0.1, 0.15) is 0 Å². The molecule has 0 fully saturated rings. The van der Waals surface area contributed by atoms with Crippen LogP contribution in [0, 0.1) is 0 Å². The van der Waals surface area contributed by atoms with Crippen LogP contribution in [0.25, 0.3) is 122 Å². The second-order valence-corrected chi connectivity index (χ2v) is 15.1. The minimum Gasteiger partial charge on any atom is -0.256 e. The van der Waals surface area contributed by atoms with Gasteiger partial charge >= 0.3 is 0 Å². The molecule has 0 radical (unpaired) electrons. The Balaban J connectivity index is 1.19. The van der Waals surface area contributed by atoms with Crippen molar-refractivity contribution >= 4 is 65.4 Å². The zero-order valence-electron chi connectivity index (χ0n) is 32.2. The second-order valence-electron chi connectivity index (χ2n) is 15.1. The Morgan fingerprint density at radius 3 is 0.817 bits per heavy atom. The molecular weight excluding hydrogens is 733 g/mol. The van der Waals surface area contributed by atoms with Crippen LogP contribution in [0.5, 0.6) is 0 Å². The van der Waals surface area contributed by atoms with Crippen molar-refractivity contribution in [3.63, 3.8) is 0 Å². The van der Waals surface area contributed by atoms with Gasteiger partial charge in [-0.15, -0.1) is 0 Å². The summed E-state index contributed by atoms with van der Waals surface area (Å²) < 4.78 is 0. The van der Waals surface area contributed by atoms with Gasteiger partial charge in [0, 0.05) is 78.1 Å². The Kier molecular flexibility index (Phi) is 7.74. The van der Waals surface area contributed by atoms with Crippen molar-refractivity contribution in [2.75, 3.05) is 0 Å². The quantitative estimate of drug-likeness (QED) is 0.174. The van der Waals surface area contributed by atoms with Gasteiger partial charge in [-0.05, 0) is 72.8 Å². The molecule has 0 unspecified atom stereocenters. The Bertz CT molecular complexity index is 3450. The molecule has 6 heterocycles. The van der Waals surface area contributed by atoms with Crippen LogP contribution < -0.4 is 0 Å². The zero-order valence-corrected chi connectivity index (χ0v) is 32.2. The predicted molar refractivity (Wildman–Crippen MR) is 245 cm³/mol. The fourth-order valence-electron chi connectivity index (χ4n) is 8.47. The number of hydrogen-bond donors (Lipinski definition) is 0. The van der Waals surface area contributed by atoms with Crippen molar-refractivity contribution in [3.05, 3.63) is 194 Å². The van der Waals surface area contributed by atoms with Gasteiger partial charge in [-0.1, -0.05) is 109 Å². The molecule has 0 saturated heterocycles. The lowest BCUT2D eigenvalue weighted by Crippen LogP contribution is -2.01. The smallest absolute Gasteiger partial charge is 0.0979 e. The topological polar surface area (TPSA) is 77.3 Å². The summed E-state index contributed by atoms with van der Waals surface area (Å²) in [5, 5.41) is 6.20. The van der Waals surface area contributed by atoms with Gasteiger partial charge in [-0.25, -0.2) is 19.9 Å². The normalized spacial score (nSPS) is 11.7. The molecule has 6 aromatic carbocycles. The number of para-hydroxylation sites is 6. The van der Waals surface area contributed by atoms with E-state index in [4.69, 9.17) is 29.9 Å². The maximum atomic E-state index is 5.52. The molecule has 6 heteroatoms. The van der Waals surface area contributed by atoms with Crippen LogP contribution >= 0.6 is 0 Å². The average molecular weight is 765 g/mol. The van der Waals surface area contributed by atoms with Crippen LogP contribution in [0.15, 0.2) is 194 Å². The van der Waals surface area contributed by atoms with Gasteiger partial charge in [0.15, 0.2) is 0 Å². The summed E-state index contributed by atoms with van der Waals surface area (Å²) in [5.41, 5.74) is 14.0. The highest BCUT2D eigenvalue weighted by Gasteiger charge is 2.24. The summed E-state index contributed by atoms with van der Waals surface area (Å²) in [5.74, 6) is 0. The maximum absolute atomic E-state index is 5.52. The van der Waals surface area contributed by atoms with Crippen LogP contribution in [0.4, 0.5) is 0 Å². The summed E-state index contributed by atoms with van der Waals surface area (Å²) in [7, 11) is 0. The minimum absolute atomic E-state index is 0.746. The molecule has 0 N–H and O–H groups in total. The van der Waals surface area contributed by atoms with Crippen LogP contribution in [0.2, 0.25) is 0 Å². The number of fused-ring (bicyclic) bond motifs is 6. The molecule has 12 aromatic rings. The van der Waals surface area contributed by atoms with E-state index in [0.29, 0.717) is 0 Å². The van der Waals surface area contributed by atoms with Crippen molar-refractivity contribution in [3.8, 4) is 56.2 Å². The molecule has 0 saturated carbocycles. The van der Waals surface area contributed by atoms with Gasteiger partial charge in [-0.2, -0.15) is 0 Å². The monoisotopic (exact) mass is 764 g/mol. The van der Waals surface area contributed by atoms with Crippen molar-refractivity contribution < 1.29 is 0 Å². The summed E-state index contributed by atoms with van der Waals surface area (Å²) in [6, 6.07) is 62.8. The molecule has 0 aliphatic heterocycles. The van der Waals surface area contributed by atoms with E-state index in [0.717, 1.165) is 122 Å². The Morgan fingerprint density at radius 1 is 0.233 bits per heavy atom. The minimum atomic E-state index is 0.746. The van der Waals surface area contributed by atoms with E-state index < -0.39 is 0 Å². The molecule has 6 nitrogen and oxygen atoms in total. The third kappa shape index (κ3) is 5.73. The molecule has 0 spiro atoms. The number of pyridine rings is 6. The number of hydrogen-bond acceptors (Lipinski definition) is 6. The molecule has 278 valence electrons. The van der Waals surface area contributed by atoms with E-state index in [1.807, 2.05) is 73.1 Å². The molecule has 0 aliphatic rings. The maximum Gasteiger partial charge on any atom is 0.0979 e. The molecule has 0 atom stereocenters. The SMILES string of the molecule is c1ccc2ncc(-c3cc4ccccc4nc3-c3nc4ccccc4cc3-c3cc4ccccc4nc3-c3nc4ccccc4cc3-c3cnc4ccccc4c3)cc2c1. The van der Waals surface area contributed by atoms with Crippen LogP contribution in [-0.2, 0) is 0 Å². The summed E-state index contributed by atoms with van der Waals surface area (Å²) in [6.07, 6.45) is 3.90. The number of rotatable bonds is 5. The van der Waals surface area contributed by atoms with Crippen molar-refractivity contribution in [2.24, 2.45) is 0 Å². The van der Waals surface area contributed by atoms with Gasteiger partial charge in [0.05, 0.1) is 55.9 Å². The van der Waals surface area contributed by atoms with E-state index in [9.17, 15) is 0 Å². The predicted octanol–water partition coefficient (Wildman–Crippen LogP) is 13.3. The highest BCUT2D eigenvalue weighted by molar-refractivity contribution is 6.04. The van der Waals surface area contributed by atoms with Gasteiger partial charge in [0.1, 0.15) is 0 Å². The molecule has 12 rings (SSSR count). The lowest BCUT2D eigenvalue weighted by atomic mass is 9.90. The third-order valence-electron chi connectivity index (χ3n) is 11.4. The number of benzene rings is 6. The van der Waals surface area contributed by atoms with Crippen molar-refractivity contribution in [2.45, 2.75) is 0 Å². The number of aromatic nitrogens is 6. The molecule has 0 bridgehead atoms. The molecular formula is C54H32N6. The Labute approximate surface area is 344 Å². The summed E-state index contributed by atoms with van der Waals surface area (Å²) >= 11 is 0. The van der Waals surface area contributed by atoms with Crippen molar-refractivity contribution in [1.82, 2.24) is 29.9 Å². The van der Waals surface area contributed by atoms with Crippen LogP contribution in [0.3, 0.4) is 0 Å². The van der Waals surface area contributed by atoms with Gasteiger partial charge in [0.25, 0.3) is 0 Å². The van der Waals surface area contributed by atoms with Gasteiger partial charge < -0.3 is 0 Å². The van der Waals surface area contributed by atoms with Crippen LogP contribution in [-0.4, -0.2) is 29.9 Å². The summed E-state index contributed by atoms with van der Waals surface area (Å²) in [4.78, 5) is 31.8. The Morgan fingerprint density at radius 2 is 0.483 bits per heavy atom. The first-order valence-corrected chi connectivity index (χ1v) is 20.0. The number of nitrogens with zero attached hydrogens (tertiary/aromatic N) is 6. The van der Waals surface area contributed by atoms with E-state index in [2.05, 4.69) is 121 Å². The molecule has 0 aliphatic carbocycles. The lowest BCUT2D eigenvalue weighted by molar-refractivity contribution is 1.29. The average Bonchev–Trinajstić information content (AvgIpc) is 3.32. The highest BCUT2D eigenvalue weighted by atomic mass is 14.8. The first kappa shape index (κ1) is 33.9. The fourth-order valence-corrected chi connectivity index (χ4v) is 8.47. The molecule has 60 heavy (non-hydrogen) atoms. The van der Waals surface area contributed by atoms with E-state index in [-0.39, 0.29) is 0 Å². The molecule has 0 amide bonds. The zero-order chi connectivity index (χ0) is 39.6. The first-order valence-electron chi connectivity index (χ1n) is 20.0. The van der Waals surface area contributed by atoms with E-state index in [1.165, 1.54) is 0 Å². The highest BCUT2D eigenvalue weighted by Crippen LogP contribution is 2.45. The largest absolute Gasteiger partial charge is 0.256 e. The molecule has 6 aromatic heterocycles. The first-order chi connectivity index (χ1) is 29.7.